The number of carbonyl (C=O) groups excluding carboxylic acids is 2. The molecule has 1 aromatic heterocycles. The standard InChI is InChI=1S/C18H21N3O5/c1-24-15-11-21(13-6-3-2-4-7-13)20-17(15)18(23)26-12-16(22)19-10-14-8-5-9-25-14/h2-4,6-7,11,14H,5,8-10,12H2,1H3,(H,19,22). The van der Waals surface area contributed by atoms with E-state index in [9.17, 15) is 9.59 Å². The molecular formula is C18H21N3O5. The van der Waals surface area contributed by atoms with E-state index in [2.05, 4.69) is 10.4 Å². The molecule has 0 saturated carbocycles. The number of hydrogen-bond acceptors (Lipinski definition) is 6. The first kappa shape index (κ1) is 17.9. The van der Waals surface area contributed by atoms with Crippen LogP contribution < -0.4 is 10.1 Å². The molecule has 0 aliphatic carbocycles. The van der Waals surface area contributed by atoms with Gasteiger partial charge in [-0.15, -0.1) is 0 Å². The van der Waals surface area contributed by atoms with E-state index in [0.29, 0.717) is 6.54 Å². The Morgan fingerprint density at radius 2 is 2.15 bits per heavy atom. The number of ether oxygens (including phenoxy) is 3. The summed E-state index contributed by atoms with van der Waals surface area (Å²) in [6.45, 7) is 0.759. The molecule has 8 heteroatoms. The smallest absolute Gasteiger partial charge is 0.363 e. The highest BCUT2D eigenvalue weighted by atomic mass is 16.5. The van der Waals surface area contributed by atoms with Crippen molar-refractivity contribution in [1.29, 1.82) is 0 Å². The van der Waals surface area contributed by atoms with Crippen LogP contribution in [0.3, 0.4) is 0 Å². The summed E-state index contributed by atoms with van der Waals surface area (Å²) in [4.78, 5) is 24.1. The number of esters is 1. The average molecular weight is 359 g/mol. The van der Waals surface area contributed by atoms with E-state index in [1.807, 2.05) is 30.3 Å². The van der Waals surface area contributed by atoms with Crippen molar-refractivity contribution in [2.75, 3.05) is 26.9 Å². The minimum atomic E-state index is -0.719. The van der Waals surface area contributed by atoms with Gasteiger partial charge in [0, 0.05) is 13.2 Å². The number of hydrogen-bond donors (Lipinski definition) is 1. The average Bonchev–Trinajstić information content (AvgIpc) is 3.34. The second-order valence-electron chi connectivity index (χ2n) is 5.84. The third-order valence-electron chi connectivity index (χ3n) is 4.00. The molecule has 0 bridgehead atoms. The predicted molar refractivity (Wildman–Crippen MR) is 92.4 cm³/mol. The zero-order chi connectivity index (χ0) is 18.4. The lowest BCUT2D eigenvalue weighted by Crippen LogP contribution is -2.34. The molecule has 2 heterocycles. The van der Waals surface area contributed by atoms with Crippen LogP contribution in [-0.4, -0.2) is 54.6 Å². The van der Waals surface area contributed by atoms with Gasteiger partial charge >= 0.3 is 5.97 Å². The highest BCUT2D eigenvalue weighted by Gasteiger charge is 2.21. The summed E-state index contributed by atoms with van der Waals surface area (Å²) < 4.78 is 17.2. The number of methoxy groups -OCH3 is 1. The van der Waals surface area contributed by atoms with Crippen LogP contribution >= 0.6 is 0 Å². The molecule has 8 nitrogen and oxygen atoms in total. The molecule has 0 radical (unpaired) electrons. The highest BCUT2D eigenvalue weighted by Crippen LogP contribution is 2.20. The number of carbonyl (C=O) groups is 2. The fourth-order valence-electron chi connectivity index (χ4n) is 2.65. The van der Waals surface area contributed by atoms with Crippen molar-refractivity contribution in [3.63, 3.8) is 0 Å². The van der Waals surface area contributed by atoms with Gasteiger partial charge in [-0.05, 0) is 25.0 Å². The van der Waals surface area contributed by atoms with Crippen LogP contribution in [0.1, 0.15) is 23.3 Å². The van der Waals surface area contributed by atoms with Crippen molar-refractivity contribution >= 4 is 11.9 Å². The molecule has 1 saturated heterocycles. The Bertz CT molecular complexity index is 753. The fraction of sp³-hybridized carbons (Fsp3) is 0.389. The largest absolute Gasteiger partial charge is 0.493 e. The van der Waals surface area contributed by atoms with Crippen LogP contribution in [0.15, 0.2) is 36.5 Å². The molecule has 1 aromatic carbocycles. The van der Waals surface area contributed by atoms with Crippen LogP contribution in [0.25, 0.3) is 5.69 Å². The maximum absolute atomic E-state index is 12.3. The normalized spacial score (nSPS) is 16.3. The van der Waals surface area contributed by atoms with Gasteiger partial charge in [0.25, 0.3) is 5.91 Å². The lowest BCUT2D eigenvalue weighted by molar-refractivity contribution is -0.124. The second-order valence-corrected chi connectivity index (χ2v) is 5.84. The Hall–Kier alpha value is -2.87. The van der Waals surface area contributed by atoms with E-state index < -0.39 is 5.97 Å². The molecule has 1 atom stereocenters. The zero-order valence-electron chi connectivity index (χ0n) is 14.5. The molecule has 26 heavy (non-hydrogen) atoms. The summed E-state index contributed by atoms with van der Waals surface area (Å²) in [5, 5.41) is 6.90. The summed E-state index contributed by atoms with van der Waals surface area (Å²) in [6.07, 6.45) is 3.55. The van der Waals surface area contributed by atoms with Crippen LogP contribution in [-0.2, 0) is 14.3 Å². The molecule has 138 valence electrons. The minimum absolute atomic E-state index is 0.0169. The number of benzene rings is 1. The Balaban J connectivity index is 1.57. The second kappa shape index (κ2) is 8.48. The summed E-state index contributed by atoms with van der Waals surface area (Å²) in [5.41, 5.74) is 0.794. The summed E-state index contributed by atoms with van der Waals surface area (Å²) >= 11 is 0. The molecular weight excluding hydrogens is 338 g/mol. The molecule has 1 aliphatic rings. The summed E-state index contributed by atoms with van der Waals surface area (Å²) in [6, 6.07) is 9.30. The third-order valence-corrected chi connectivity index (χ3v) is 4.00. The van der Waals surface area contributed by atoms with Gasteiger partial charge in [-0.3, -0.25) is 4.79 Å². The van der Waals surface area contributed by atoms with Crippen LogP contribution in [0.5, 0.6) is 5.75 Å². The first-order valence-electron chi connectivity index (χ1n) is 8.42. The predicted octanol–water partition coefficient (Wildman–Crippen LogP) is 1.33. The van der Waals surface area contributed by atoms with Gasteiger partial charge in [-0.2, -0.15) is 5.10 Å². The van der Waals surface area contributed by atoms with E-state index in [4.69, 9.17) is 14.2 Å². The summed E-state index contributed by atoms with van der Waals surface area (Å²) in [7, 11) is 1.44. The Kier molecular flexibility index (Phi) is 5.85. The van der Waals surface area contributed by atoms with E-state index in [1.54, 1.807) is 6.20 Å². The molecule has 3 rings (SSSR count). The van der Waals surface area contributed by atoms with Crippen molar-refractivity contribution in [3.05, 3.63) is 42.2 Å². The van der Waals surface area contributed by atoms with Crippen molar-refractivity contribution in [1.82, 2.24) is 15.1 Å². The Morgan fingerprint density at radius 3 is 2.85 bits per heavy atom. The van der Waals surface area contributed by atoms with E-state index >= 15 is 0 Å². The molecule has 1 amide bonds. The Labute approximate surface area is 151 Å². The van der Waals surface area contributed by atoms with Crippen molar-refractivity contribution in [3.8, 4) is 11.4 Å². The highest BCUT2D eigenvalue weighted by molar-refractivity contribution is 5.92. The molecule has 1 N–H and O–H groups in total. The minimum Gasteiger partial charge on any atom is -0.493 e. The SMILES string of the molecule is COc1cn(-c2ccccc2)nc1C(=O)OCC(=O)NCC1CCCO1. The van der Waals surface area contributed by atoms with Crippen LogP contribution in [0.2, 0.25) is 0 Å². The van der Waals surface area contributed by atoms with Gasteiger partial charge < -0.3 is 19.5 Å². The molecule has 2 aromatic rings. The van der Waals surface area contributed by atoms with Crippen molar-refractivity contribution < 1.29 is 23.8 Å². The monoisotopic (exact) mass is 359 g/mol. The van der Waals surface area contributed by atoms with Gasteiger partial charge in [0.2, 0.25) is 5.69 Å². The van der Waals surface area contributed by atoms with E-state index in [-0.39, 0.29) is 30.1 Å². The number of para-hydroxylation sites is 1. The fourth-order valence-corrected chi connectivity index (χ4v) is 2.65. The van der Waals surface area contributed by atoms with Crippen molar-refractivity contribution in [2.45, 2.75) is 18.9 Å². The van der Waals surface area contributed by atoms with E-state index in [0.717, 1.165) is 25.1 Å². The first-order valence-corrected chi connectivity index (χ1v) is 8.42. The third kappa shape index (κ3) is 4.40. The quantitative estimate of drug-likeness (QED) is 0.750. The number of amides is 1. The van der Waals surface area contributed by atoms with Crippen molar-refractivity contribution in [2.24, 2.45) is 0 Å². The number of aromatic nitrogens is 2. The van der Waals surface area contributed by atoms with Crippen LogP contribution in [0.4, 0.5) is 0 Å². The maximum Gasteiger partial charge on any atom is 0.363 e. The lowest BCUT2D eigenvalue weighted by Gasteiger charge is -2.10. The topological polar surface area (TPSA) is 91.7 Å². The number of rotatable bonds is 7. The van der Waals surface area contributed by atoms with Gasteiger partial charge in [-0.1, -0.05) is 18.2 Å². The van der Waals surface area contributed by atoms with E-state index in [1.165, 1.54) is 11.8 Å². The van der Waals surface area contributed by atoms with Crippen LogP contribution in [0, 0.1) is 0 Å². The number of nitrogens with zero attached hydrogens (tertiary/aromatic N) is 2. The van der Waals surface area contributed by atoms with Gasteiger partial charge in [0.15, 0.2) is 12.4 Å². The molecule has 1 fully saturated rings. The first-order chi connectivity index (χ1) is 12.7. The maximum atomic E-state index is 12.3. The zero-order valence-corrected chi connectivity index (χ0v) is 14.5. The number of nitrogens with one attached hydrogen (secondary N) is 1. The van der Waals surface area contributed by atoms with Gasteiger partial charge in [0.05, 0.1) is 25.1 Å². The summed E-state index contributed by atoms with van der Waals surface area (Å²) in [5.74, 6) is -0.822. The Morgan fingerprint density at radius 1 is 1.35 bits per heavy atom. The lowest BCUT2D eigenvalue weighted by atomic mass is 10.2. The molecule has 1 unspecified atom stereocenters. The molecule has 0 spiro atoms. The van der Waals surface area contributed by atoms with Gasteiger partial charge in [0.1, 0.15) is 0 Å². The van der Waals surface area contributed by atoms with Gasteiger partial charge in [-0.25, -0.2) is 9.48 Å². The molecule has 1 aliphatic heterocycles.